The molecule has 2 aromatic carbocycles. The number of nitriles is 1. The summed E-state index contributed by atoms with van der Waals surface area (Å²) in [7, 11) is 0. The molecule has 0 aliphatic rings. The van der Waals surface area contributed by atoms with E-state index < -0.39 is 0 Å². The number of carbonyl (C=O) groups excluding carboxylic acids is 1. The van der Waals surface area contributed by atoms with Crippen molar-refractivity contribution in [2.45, 2.75) is 13.8 Å². The van der Waals surface area contributed by atoms with Gasteiger partial charge in [0.15, 0.2) is 0 Å². The highest BCUT2D eigenvalue weighted by atomic mass is 79.9. The summed E-state index contributed by atoms with van der Waals surface area (Å²) in [5.41, 5.74) is 1.60. The first-order valence-electron chi connectivity index (χ1n) is 7.23. The number of hydrogen-bond donors (Lipinski definition) is 1. The number of amides is 1. The number of rotatable bonds is 5. The Bertz CT molecular complexity index is 751. The zero-order valence-corrected chi connectivity index (χ0v) is 14.6. The minimum absolute atomic E-state index is 0.240. The van der Waals surface area contributed by atoms with Crippen LogP contribution in [-0.2, 0) is 0 Å². The molecular weight excluding hydrogens is 356 g/mol. The molecular formula is C18H17BrN2O2. The van der Waals surface area contributed by atoms with E-state index in [1.807, 2.05) is 6.07 Å². The molecule has 1 amide bonds. The van der Waals surface area contributed by atoms with E-state index in [1.165, 1.54) is 0 Å². The van der Waals surface area contributed by atoms with E-state index in [1.54, 1.807) is 42.5 Å². The van der Waals surface area contributed by atoms with E-state index in [0.29, 0.717) is 35.1 Å². The lowest BCUT2D eigenvalue weighted by Gasteiger charge is -2.11. The topological polar surface area (TPSA) is 62.1 Å². The summed E-state index contributed by atoms with van der Waals surface area (Å²) in [6.45, 7) is 4.77. The van der Waals surface area contributed by atoms with Gasteiger partial charge in [-0.3, -0.25) is 4.79 Å². The minimum atomic E-state index is -0.240. The Morgan fingerprint density at radius 3 is 2.74 bits per heavy atom. The Morgan fingerprint density at radius 2 is 2.09 bits per heavy atom. The van der Waals surface area contributed by atoms with Crippen molar-refractivity contribution in [3.8, 4) is 11.8 Å². The summed E-state index contributed by atoms with van der Waals surface area (Å²) in [4.78, 5) is 12.3. The molecule has 0 saturated heterocycles. The molecule has 4 nitrogen and oxygen atoms in total. The molecule has 0 aliphatic carbocycles. The monoisotopic (exact) mass is 372 g/mol. The lowest BCUT2D eigenvalue weighted by atomic mass is 10.1. The maximum atomic E-state index is 12.3. The maximum absolute atomic E-state index is 12.3. The highest BCUT2D eigenvalue weighted by Gasteiger charge is 2.10. The average Bonchev–Trinajstić information content (AvgIpc) is 2.53. The van der Waals surface area contributed by atoms with E-state index in [4.69, 9.17) is 10.00 Å². The van der Waals surface area contributed by atoms with Gasteiger partial charge in [0.1, 0.15) is 5.75 Å². The van der Waals surface area contributed by atoms with Gasteiger partial charge >= 0.3 is 0 Å². The van der Waals surface area contributed by atoms with Crippen LogP contribution in [0.2, 0.25) is 0 Å². The van der Waals surface area contributed by atoms with Crippen molar-refractivity contribution in [1.82, 2.24) is 0 Å². The SMILES string of the molecule is CC(C)COc1ccc(C(=O)Nc2cccc(C#N)c2)cc1Br. The maximum Gasteiger partial charge on any atom is 0.255 e. The lowest BCUT2D eigenvalue weighted by molar-refractivity contribution is 0.102. The molecule has 118 valence electrons. The zero-order valence-electron chi connectivity index (χ0n) is 13.0. The van der Waals surface area contributed by atoms with Crippen molar-refractivity contribution in [1.29, 1.82) is 5.26 Å². The summed E-state index contributed by atoms with van der Waals surface area (Å²) >= 11 is 3.43. The average molecular weight is 373 g/mol. The number of ether oxygens (including phenoxy) is 1. The fourth-order valence-corrected chi connectivity index (χ4v) is 2.38. The molecule has 23 heavy (non-hydrogen) atoms. The molecule has 2 aromatic rings. The number of hydrogen-bond acceptors (Lipinski definition) is 3. The molecule has 0 spiro atoms. The van der Waals surface area contributed by atoms with Crippen molar-refractivity contribution < 1.29 is 9.53 Å². The second-order valence-corrected chi connectivity index (χ2v) is 6.35. The van der Waals surface area contributed by atoms with Crippen molar-refractivity contribution in [2.75, 3.05) is 11.9 Å². The standard InChI is InChI=1S/C18H17BrN2O2/c1-12(2)11-23-17-7-6-14(9-16(17)19)18(22)21-15-5-3-4-13(8-15)10-20/h3-9,12H,11H2,1-2H3,(H,21,22). The third kappa shape index (κ3) is 4.83. The molecule has 2 rings (SSSR count). The van der Waals surface area contributed by atoms with Crippen molar-refractivity contribution >= 4 is 27.5 Å². The molecule has 0 unspecified atom stereocenters. The Balaban J connectivity index is 2.10. The number of benzene rings is 2. The molecule has 5 heteroatoms. The van der Waals surface area contributed by atoms with Gasteiger partial charge in [-0.15, -0.1) is 0 Å². The van der Waals surface area contributed by atoms with Crippen LogP contribution < -0.4 is 10.1 Å². The van der Waals surface area contributed by atoms with Gasteiger partial charge in [0.2, 0.25) is 0 Å². The summed E-state index contributed by atoms with van der Waals surface area (Å²) in [6.07, 6.45) is 0. The number of halogens is 1. The van der Waals surface area contributed by atoms with Crippen LogP contribution in [0.1, 0.15) is 29.8 Å². The van der Waals surface area contributed by atoms with Crippen LogP contribution in [0.25, 0.3) is 0 Å². The lowest BCUT2D eigenvalue weighted by Crippen LogP contribution is -2.12. The van der Waals surface area contributed by atoms with Gasteiger partial charge in [0.05, 0.1) is 22.7 Å². The summed E-state index contributed by atoms with van der Waals surface area (Å²) in [5.74, 6) is 0.898. The van der Waals surface area contributed by atoms with E-state index >= 15 is 0 Å². The number of nitrogens with zero attached hydrogens (tertiary/aromatic N) is 1. The van der Waals surface area contributed by atoms with Crippen LogP contribution in [0.15, 0.2) is 46.9 Å². The van der Waals surface area contributed by atoms with E-state index in [-0.39, 0.29) is 5.91 Å². The Kier molecular flexibility index (Phi) is 5.78. The van der Waals surface area contributed by atoms with E-state index in [0.717, 1.165) is 4.47 Å². The van der Waals surface area contributed by atoms with Crippen LogP contribution in [-0.4, -0.2) is 12.5 Å². The summed E-state index contributed by atoms with van der Waals surface area (Å²) < 4.78 is 6.40. The Labute approximate surface area is 144 Å². The molecule has 0 heterocycles. The predicted octanol–water partition coefficient (Wildman–Crippen LogP) is 4.61. The molecule has 1 N–H and O–H groups in total. The van der Waals surface area contributed by atoms with Gasteiger partial charge in [0.25, 0.3) is 5.91 Å². The quantitative estimate of drug-likeness (QED) is 0.833. The minimum Gasteiger partial charge on any atom is -0.492 e. The molecule has 0 aliphatic heterocycles. The normalized spacial score (nSPS) is 10.2. The smallest absolute Gasteiger partial charge is 0.255 e. The van der Waals surface area contributed by atoms with Gasteiger partial charge in [-0.2, -0.15) is 5.26 Å². The van der Waals surface area contributed by atoms with E-state index in [9.17, 15) is 4.79 Å². The molecule has 0 saturated carbocycles. The summed E-state index contributed by atoms with van der Waals surface area (Å²) in [5, 5.41) is 11.7. The van der Waals surface area contributed by atoms with E-state index in [2.05, 4.69) is 35.1 Å². The predicted molar refractivity (Wildman–Crippen MR) is 93.6 cm³/mol. The summed E-state index contributed by atoms with van der Waals surface area (Å²) in [6, 6.07) is 14.0. The molecule has 0 aromatic heterocycles. The highest BCUT2D eigenvalue weighted by molar-refractivity contribution is 9.10. The largest absolute Gasteiger partial charge is 0.492 e. The van der Waals surface area contributed by atoms with Gasteiger partial charge in [-0.05, 0) is 58.2 Å². The molecule has 0 fully saturated rings. The van der Waals surface area contributed by atoms with Crippen LogP contribution in [0, 0.1) is 17.2 Å². The molecule has 0 atom stereocenters. The van der Waals surface area contributed by atoms with Gasteiger partial charge < -0.3 is 10.1 Å². The van der Waals surface area contributed by atoms with Crippen molar-refractivity contribution in [2.24, 2.45) is 5.92 Å². The van der Waals surface area contributed by atoms with Crippen LogP contribution in [0.5, 0.6) is 5.75 Å². The third-order valence-corrected chi connectivity index (χ3v) is 3.64. The fraction of sp³-hybridized carbons (Fsp3) is 0.222. The Morgan fingerprint density at radius 1 is 1.30 bits per heavy atom. The first-order chi connectivity index (χ1) is 11.0. The third-order valence-electron chi connectivity index (χ3n) is 3.02. The number of nitrogens with one attached hydrogen (secondary N) is 1. The first-order valence-corrected chi connectivity index (χ1v) is 8.02. The molecule has 0 radical (unpaired) electrons. The zero-order chi connectivity index (χ0) is 16.8. The number of carbonyl (C=O) groups is 1. The van der Waals surface area contributed by atoms with Crippen molar-refractivity contribution in [3.05, 3.63) is 58.1 Å². The highest BCUT2D eigenvalue weighted by Crippen LogP contribution is 2.27. The van der Waals surface area contributed by atoms with Gasteiger partial charge in [-0.1, -0.05) is 19.9 Å². The molecule has 0 bridgehead atoms. The second-order valence-electron chi connectivity index (χ2n) is 5.50. The van der Waals surface area contributed by atoms with Crippen LogP contribution in [0.3, 0.4) is 0 Å². The van der Waals surface area contributed by atoms with Crippen LogP contribution >= 0.6 is 15.9 Å². The van der Waals surface area contributed by atoms with Crippen LogP contribution in [0.4, 0.5) is 5.69 Å². The van der Waals surface area contributed by atoms with Crippen molar-refractivity contribution in [3.63, 3.8) is 0 Å². The Hall–Kier alpha value is -2.32. The van der Waals surface area contributed by atoms with Gasteiger partial charge in [0, 0.05) is 11.3 Å². The van der Waals surface area contributed by atoms with Gasteiger partial charge in [-0.25, -0.2) is 0 Å². The second kappa shape index (κ2) is 7.80. The first kappa shape index (κ1) is 17.0. The fourth-order valence-electron chi connectivity index (χ4n) is 1.89. The number of anilines is 1.